The van der Waals surface area contributed by atoms with Crippen molar-refractivity contribution < 1.29 is 13.6 Å². The molecular formula is C11H10F2OS. The average Bonchev–Trinajstić information content (AvgIpc) is 2.35. The Bertz CT molecular complexity index is 417. The Kier molecular flexibility index (Phi) is 2.78. The standard InChI is InChI=1S/C11H10F2OS/c1-6-4-15-5-8-7(11(6)14)2-3-9(12)10(8)13/h2-3,6H,4-5H2,1H3. The molecule has 1 aromatic carbocycles. The molecule has 1 atom stereocenters. The fraction of sp³-hybridized carbons (Fsp3) is 0.364. The van der Waals surface area contributed by atoms with Crippen molar-refractivity contribution >= 4 is 17.5 Å². The fourth-order valence-electron chi connectivity index (χ4n) is 1.64. The topological polar surface area (TPSA) is 17.1 Å². The van der Waals surface area contributed by atoms with Gasteiger partial charge in [0, 0.05) is 28.6 Å². The first-order valence-corrected chi connectivity index (χ1v) is 5.85. The molecule has 0 bridgehead atoms. The van der Waals surface area contributed by atoms with E-state index >= 15 is 0 Å². The molecule has 2 rings (SSSR count). The third-order valence-electron chi connectivity index (χ3n) is 2.52. The molecule has 0 fully saturated rings. The minimum atomic E-state index is -0.878. The van der Waals surface area contributed by atoms with Crippen LogP contribution >= 0.6 is 11.8 Å². The summed E-state index contributed by atoms with van der Waals surface area (Å²) in [5, 5.41) is 0. The number of carbonyl (C=O) groups excluding carboxylic acids is 1. The molecule has 0 aromatic heterocycles. The van der Waals surface area contributed by atoms with E-state index in [1.54, 1.807) is 0 Å². The van der Waals surface area contributed by atoms with Crippen molar-refractivity contribution in [1.82, 2.24) is 0 Å². The highest BCUT2D eigenvalue weighted by Crippen LogP contribution is 2.29. The second kappa shape index (κ2) is 3.93. The number of carbonyl (C=O) groups is 1. The molecule has 1 unspecified atom stereocenters. The van der Waals surface area contributed by atoms with E-state index < -0.39 is 11.6 Å². The first kappa shape index (κ1) is 10.6. The van der Waals surface area contributed by atoms with Crippen LogP contribution in [0.3, 0.4) is 0 Å². The Morgan fingerprint density at radius 3 is 2.87 bits per heavy atom. The van der Waals surface area contributed by atoms with E-state index in [0.717, 1.165) is 6.07 Å². The van der Waals surface area contributed by atoms with Gasteiger partial charge in [-0.3, -0.25) is 4.79 Å². The maximum absolute atomic E-state index is 13.4. The summed E-state index contributed by atoms with van der Waals surface area (Å²) in [6, 6.07) is 2.41. The van der Waals surface area contributed by atoms with E-state index in [2.05, 4.69) is 0 Å². The van der Waals surface area contributed by atoms with Gasteiger partial charge in [0.15, 0.2) is 17.4 Å². The molecule has 0 saturated heterocycles. The van der Waals surface area contributed by atoms with Crippen LogP contribution in [-0.2, 0) is 5.75 Å². The van der Waals surface area contributed by atoms with E-state index in [0.29, 0.717) is 17.1 Å². The van der Waals surface area contributed by atoms with Crippen molar-refractivity contribution in [3.63, 3.8) is 0 Å². The van der Waals surface area contributed by atoms with Crippen LogP contribution in [0.2, 0.25) is 0 Å². The Morgan fingerprint density at radius 2 is 2.13 bits per heavy atom. The van der Waals surface area contributed by atoms with E-state index in [4.69, 9.17) is 0 Å². The average molecular weight is 228 g/mol. The first-order chi connectivity index (χ1) is 7.11. The second-order valence-electron chi connectivity index (χ2n) is 3.67. The van der Waals surface area contributed by atoms with Crippen LogP contribution in [0.1, 0.15) is 22.8 Å². The zero-order valence-corrected chi connectivity index (χ0v) is 9.04. The molecular weight excluding hydrogens is 218 g/mol. The number of fused-ring (bicyclic) bond motifs is 1. The molecule has 0 spiro atoms. The summed E-state index contributed by atoms with van der Waals surface area (Å²) in [6.07, 6.45) is 0. The van der Waals surface area contributed by atoms with E-state index in [-0.39, 0.29) is 17.3 Å². The third-order valence-corrected chi connectivity index (χ3v) is 3.75. The molecule has 4 heteroatoms. The van der Waals surface area contributed by atoms with Gasteiger partial charge in [-0.2, -0.15) is 11.8 Å². The maximum atomic E-state index is 13.4. The smallest absolute Gasteiger partial charge is 0.166 e. The normalized spacial score (nSPS) is 21.0. The number of hydrogen-bond acceptors (Lipinski definition) is 2. The van der Waals surface area contributed by atoms with Crippen LogP contribution in [0.25, 0.3) is 0 Å². The lowest BCUT2D eigenvalue weighted by molar-refractivity contribution is 0.0941. The largest absolute Gasteiger partial charge is 0.294 e. The van der Waals surface area contributed by atoms with Crippen molar-refractivity contribution in [3.05, 3.63) is 34.9 Å². The van der Waals surface area contributed by atoms with Gasteiger partial charge in [-0.05, 0) is 12.1 Å². The molecule has 1 aliphatic heterocycles. The van der Waals surface area contributed by atoms with Gasteiger partial charge in [-0.1, -0.05) is 6.92 Å². The summed E-state index contributed by atoms with van der Waals surface area (Å²) in [6.45, 7) is 1.81. The Labute approximate surface area is 90.9 Å². The summed E-state index contributed by atoms with van der Waals surface area (Å²) < 4.78 is 26.4. The highest BCUT2D eigenvalue weighted by atomic mass is 32.2. The van der Waals surface area contributed by atoms with Crippen molar-refractivity contribution in [2.24, 2.45) is 5.92 Å². The lowest BCUT2D eigenvalue weighted by atomic mass is 9.97. The van der Waals surface area contributed by atoms with E-state index in [1.165, 1.54) is 17.8 Å². The highest BCUT2D eigenvalue weighted by Gasteiger charge is 2.25. The molecule has 0 saturated carbocycles. The van der Waals surface area contributed by atoms with Crippen LogP contribution in [0.15, 0.2) is 12.1 Å². The minimum absolute atomic E-state index is 0.0890. The van der Waals surface area contributed by atoms with Crippen LogP contribution < -0.4 is 0 Å². The number of rotatable bonds is 0. The maximum Gasteiger partial charge on any atom is 0.166 e. The lowest BCUT2D eigenvalue weighted by Crippen LogP contribution is -2.13. The second-order valence-corrected chi connectivity index (χ2v) is 4.70. The van der Waals surface area contributed by atoms with Crippen molar-refractivity contribution in [1.29, 1.82) is 0 Å². The Morgan fingerprint density at radius 1 is 1.40 bits per heavy atom. The molecule has 1 aromatic rings. The number of Topliss-reactive ketones (excluding diaryl/α,β-unsaturated/α-hetero) is 1. The quantitative estimate of drug-likeness (QED) is 0.679. The van der Waals surface area contributed by atoms with Gasteiger partial charge in [0.05, 0.1) is 0 Å². The van der Waals surface area contributed by atoms with Crippen LogP contribution in [0.5, 0.6) is 0 Å². The molecule has 80 valence electrons. The third kappa shape index (κ3) is 1.78. The molecule has 0 radical (unpaired) electrons. The number of hydrogen-bond donors (Lipinski definition) is 0. The predicted octanol–water partition coefficient (Wildman–Crippen LogP) is 3.03. The molecule has 0 aliphatic carbocycles. The highest BCUT2D eigenvalue weighted by molar-refractivity contribution is 7.98. The zero-order valence-electron chi connectivity index (χ0n) is 8.22. The molecule has 1 aliphatic rings. The van der Waals surface area contributed by atoms with E-state index in [9.17, 15) is 13.6 Å². The van der Waals surface area contributed by atoms with Gasteiger partial charge in [-0.25, -0.2) is 8.78 Å². The van der Waals surface area contributed by atoms with Crippen molar-refractivity contribution in [3.8, 4) is 0 Å². The summed E-state index contributed by atoms with van der Waals surface area (Å²) in [7, 11) is 0. The predicted molar refractivity (Wildman–Crippen MR) is 56.0 cm³/mol. The number of ketones is 1. The van der Waals surface area contributed by atoms with Gasteiger partial charge < -0.3 is 0 Å². The summed E-state index contributed by atoms with van der Waals surface area (Å²) in [5.74, 6) is -0.932. The van der Waals surface area contributed by atoms with E-state index in [1.807, 2.05) is 6.92 Å². The monoisotopic (exact) mass is 228 g/mol. The minimum Gasteiger partial charge on any atom is -0.294 e. The number of halogens is 2. The molecule has 1 nitrogen and oxygen atoms in total. The van der Waals surface area contributed by atoms with Gasteiger partial charge in [0.1, 0.15) is 0 Å². The SMILES string of the molecule is CC1CSCc2c(ccc(F)c2F)C1=O. The van der Waals surface area contributed by atoms with Gasteiger partial charge in [0.25, 0.3) is 0 Å². The summed E-state index contributed by atoms with van der Waals surface area (Å²) >= 11 is 1.47. The van der Waals surface area contributed by atoms with Crippen LogP contribution in [-0.4, -0.2) is 11.5 Å². The number of thioether (sulfide) groups is 1. The van der Waals surface area contributed by atoms with Gasteiger partial charge >= 0.3 is 0 Å². The fourth-order valence-corrected chi connectivity index (χ4v) is 2.75. The van der Waals surface area contributed by atoms with Crippen LogP contribution in [0, 0.1) is 17.6 Å². The van der Waals surface area contributed by atoms with Crippen molar-refractivity contribution in [2.45, 2.75) is 12.7 Å². The van der Waals surface area contributed by atoms with Gasteiger partial charge in [0.2, 0.25) is 0 Å². The molecule has 0 N–H and O–H groups in total. The van der Waals surface area contributed by atoms with Crippen molar-refractivity contribution in [2.75, 3.05) is 5.75 Å². The van der Waals surface area contributed by atoms with Crippen LogP contribution in [0.4, 0.5) is 8.78 Å². The van der Waals surface area contributed by atoms with Gasteiger partial charge in [-0.15, -0.1) is 0 Å². The Balaban J connectivity index is 2.58. The molecule has 0 amide bonds. The first-order valence-electron chi connectivity index (χ1n) is 4.70. The zero-order chi connectivity index (χ0) is 11.0. The summed E-state index contributed by atoms with van der Waals surface area (Å²) in [4.78, 5) is 11.8. The Hall–Kier alpha value is -0.900. The summed E-state index contributed by atoms with van der Waals surface area (Å²) in [5.41, 5.74) is 0.556. The lowest BCUT2D eigenvalue weighted by Gasteiger charge is -2.07. The molecule has 15 heavy (non-hydrogen) atoms. The molecule has 1 heterocycles. The number of benzene rings is 1.